The van der Waals surface area contributed by atoms with Gasteiger partial charge in [-0.25, -0.2) is 0 Å². The van der Waals surface area contributed by atoms with Crippen LogP contribution in [0.1, 0.15) is 16.8 Å². The summed E-state index contributed by atoms with van der Waals surface area (Å²) in [4.78, 5) is 11.4. The van der Waals surface area contributed by atoms with Crippen molar-refractivity contribution in [3.05, 3.63) is 27.3 Å². The molecule has 0 saturated carbocycles. The summed E-state index contributed by atoms with van der Waals surface area (Å²) in [5.41, 5.74) is 1.82. The summed E-state index contributed by atoms with van der Waals surface area (Å²) in [7, 11) is 0. The van der Waals surface area contributed by atoms with Gasteiger partial charge in [-0.2, -0.15) is 0 Å². The third kappa shape index (κ3) is 1.33. The fraction of sp³-hybridized carbons (Fsp3) is 0.222. The Hall–Kier alpha value is -0.580. The lowest BCUT2D eigenvalue weighted by Crippen LogP contribution is -2.17. The molecule has 0 spiro atoms. The second kappa shape index (κ2) is 3.05. The Labute approximate surface area is 84.5 Å². The Morgan fingerprint density at radius 2 is 2.25 bits per heavy atom. The number of hydrogen-bond donors (Lipinski definition) is 1. The number of hydrogen-bond acceptors (Lipinski definition) is 2. The molecule has 1 aromatic carbocycles. The van der Waals surface area contributed by atoms with Gasteiger partial charge in [0.1, 0.15) is 0 Å². The number of Topliss-reactive ketones (excluding diaryl/α,β-unsaturated/α-hetero) is 1. The van der Waals surface area contributed by atoms with E-state index in [4.69, 9.17) is 0 Å². The summed E-state index contributed by atoms with van der Waals surface area (Å²) >= 11 is 2.24. The van der Waals surface area contributed by atoms with E-state index in [2.05, 4.69) is 27.9 Å². The highest BCUT2D eigenvalue weighted by Gasteiger charge is 2.15. The van der Waals surface area contributed by atoms with Gasteiger partial charge >= 0.3 is 0 Å². The first-order valence-corrected chi connectivity index (χ1v) is 4.92. The molecule has 3 heteroatoms. The Morgan fingerprint density at radius 1 is 1.42 bits per heavy atom. The van der Waals surface area contributed by atoms with E-state index in [1.54, 1.807) is 0 Å². The van der Waals surface area contributed by atoms with E-state index < -0.39 is 0 Å². The van der Waals surface area contributed by atoms with Crippen LogP contribution in [0.25, 0.3) is 0 Å². The standard InChI is InChI=1S/C9H8INO/c10-6-1-2-7-8(5-6)11-4-3-9(7)12/h1-2,5,11H,3-4H2. The minimum Gasteiger partial charge on any atom is -0.384 e. The van der Waals surface area contributed by atoms with Gasteiger partial charge in [-0.1, -0.05) is 0 Å². The number of carbonyl (C=O) groups is 1. The number of anilines is 1. The molecule has 0 aromatic heterocycles. The van der Waals surface area contributed by atoms with E-state index >= 15 is 0 Å². The zero-order valence-corrected chi connectivity index (χ0v) is 8.59. The molecule has 1 aromatic rings. The van der Waals surface area contributed by atoms with Gasteiger partial charge in [0.15, 0.2) is 5.78 Å². The lowest BCUT2D eigenvalue weighted by Gasteiger charge is -2.16. The molecule has 1 aliphatic heterocycles. The van der Waals surface area contributed by atoms with Crippen LogP contribution < -0.4 is 5.32 Å². The third-order valence-corrected chi connectivity index (χ3v) is 2.62. The number of nitrogens with one attached hydrogen (secondary N) is 1. The molecular formula is C9H8INO. The zero-order valence-electron chi connectivity index (χ0n) is 6.43. The van der Waals surface area contributed by atoms with Gasteiger partial charge < -0.3 is 5.32 Å². The van der Waals surface area contributed by atoms with Gasteiger partial charge in [-0.05, 0) is 40.8 Å². The average molecular weight is 273 g/mol. The summed E-state index contributed by atoms with van der Waals surface area (Å²) < 4.78 is 1.16. The Balaban J connectivity index is 2.53. The molecule has 0 amide bonds. The maximum absolute atomic E-state index is 11.4. The molecule has 1 N–H and O–H groups in total. The third-order valence-electron chi connectivity index (χ3n) is 1.95. The second-order valence-electron chi connectivity index (χ2n) is 2.79. The van der Waals surface area contributed by atoms with E-state index in [-0.39, 0.29) is 5.78 Å². The lowest BCUT2D eigenvalue weighted by atomic mass is 10.0. The molecule has 1 heterocycles. The first kappa shape index (κ1) is 8.04. The van der Waals surface area contributed by atoms with Crippen LogP contribution in [-0.4, -0.2) is 12.3 Å². The Morgan fingerprint density at radius 3 is 3.08 bits per heavy atom. The molecule has 0 unspecified atom stereocenters. The van der Waals surface area contributed by atoms with Crippen molar-refractivity contribution < 1.29 is 4.79 Å². The monoisotopic (exact) mass is 273 g/mol. The number of benzene rings is 1. The van der Waals surface area contributed by atoms with E-state index in [9.17, 15) is 4.79 Å². The summed E-state index contributed by atoms with van der Waals surface area (Å²) in [6.07, 6.45) is 0.619. The van der Waals surface area contributed by atoms with Crippen LogP contribution in [0, 0.1) is 3.57 Å². The predicted molar refractivity (Wildman–Crippen MR) is 56.6 cm³/mol. The van der Waals surface area contributed by atoms with Crippen LogP contribution in [0.5, 0.6) is 0 Å². The number of rotatable bonds is 0. The van der Waals surface area contributed by atoms with Crippen molar-refractivity contribution in [2.75, 3.05) is 11.9 Å². The Bertz CT molecular complexity index is 335. The van der Waals surface area contributed by atoms with E-state index in [0.717, 1.165) is 21.4 Å². The summed E-state index contributed by atoms with van der Waals surface area (Å²) in [6.45, 7) is 0.770. The van der Waals surface area contributed by atoms with Crippen LogP contribution >= 0.6 is 22.6 Å². The van der Waals surface area contributed by atoms with Crippen LogP contribution in [-0.2, 0) is 0 Å². The molecule has 0 atom stereocenters. The van der Waals surface area contributed by atoms with Gasteiger partial charge in [0.25, 0.3) is 0 Å². The largest absolute Gasteiger partial charge is 0.384 e. The molecule has 62 valence electrons. The minimum absolute atomic E-state index is 0.250. The highest BCUT2D eigenvalue weighted by Crippen LogP contribution is 2.23. The van der Waals surface area contributed by atoms with Crippen molar-refractivity contribution in [2.45, 2.75) is 6.42 Å². The zero-order chi connectivity index (χ0) is 8.55. The van der Waals surface area contributed by atoms with Crippen LogP contribution in [0.2, 0.25) is 0 Å². The number of fused-ring (bicyclic) bond motifs is 1. The fourth-order valence-corrected chi connectivity index (χ4v) is 1.84. The highest BCUT2D eigenvalue weighted by atomic mass is 127. The van der Waals surface area contributed by atoms with Gasteiger partial charge in [0.2, 0.25) is 0 Å². The first-order chi connectivity index (χ1) is 5.77. The van der Waals surface area contributed by atoms with Crippen LogP contribution in [0.4, 0.5) is 5.69 Å². The normalized spacial score (nSPS) is 15.2. The number of ketones is 1. The lowest BCUT2D eigenvalue weighted by molar-refractivity contribution is 0.0984. The van der Waals surface area contributed by atoms with E-state index in [1.807, 2.05) is 18.2 Å². The number of halogens is 1. The van der Waals surface area contributed by atoms with Crippen LogP contribution in [0.15, 0.2) is 18.2 Å². The van der Waals surface area contributed by atoms with Gasteiger partial charge in [-0.15, -0.1) is 0 Å². The molecule has 0 fully saturated rings. The second-order valence-corrected chi connectivity index (χ2v) is 4.04. The molecule has 12 heavy (non-hydrogen) atoms. The van der Waals surface area contributed by atoms with Gasteiger partial charge in [0, 0.05) is 27.8 Å². The molecule has 1 aliphatic rings. The summed E-state index contributed by atoms with van der Waals surface area (Å²) in [6, 6.07) is 5.86. The first-order valence-electron chi connectivity index (χ1n) is 3.84. The summed E-state index contributed by atoms with van der Waals surface area (Å²) in [5, 5.41) is 3.21. The average Bonchev–Trinajstić information content (AvgIpc) is 2.04. The molecule has 2 nitrogen and oxygen atoms in total. The molecule has 0 saturated heterocycles. The molecule has 0 aliphatic carbocycles. The van der Waals surface area contributed by atoms with Crippen molar-refractivity contribution >= 4 is 34.1 Å². The number of carbonyl (C=O) groups excluding carboxylic acids is 1. The van der Waals surface area contributed by atoms with E-state index in [0.29, 0.717) is 6.42 Å². The molecule has 0 radical (unpaired) electrons. The smallest absolute Gasteiger partial charge is 0.166 e. The minimum atomic E-state index is 0.250. The topological polar surface area (TPSA) is 29.1 Å². The molecular weight excluding hydrogens is 265 g/mol. The van der Waals surface area contributed by atoms with Crippen molar-refractivity contribution in [3.63, 3.8) is 0 Å². The van der Waals surface area contributed by atoms with Crippen molar-refractivity contribution in [2.24, 2.45) is 0 Å². The van der Waals surface area contributed by atoms with Crippen molar-refractivity contribution in [3.8, 4) is 0 Å². The highest BCUT2D eigenvalue weighted by molar-refractivity contribution is 14.1. The SMILES string of the molecule is O=C1CCNc2cc(I)ccc21. The van der Waals surface area contributed by atoms with Crippen molar-refractivity contribution in [1.29, 1.82) is 0 Å². The van der Waals surface area contributed by atoms with Gasteiger partial charge in [-0.3, -0.25) is 4.79 Å². The van der Waals surface area contributed by atoms with Crippen molar-refractivity contribution in [1.82, 2.24) is 0 Å². The maximum atomic E-state index is 11.4. The maximum Gasteiger partial charge on any atom is 0.166 e. The van der Waals surface area contributed by atoms with Crippen LogP contribution in [0.3, 0.4) is 0 Å². The fourth-order valence-electron chi connectivity index (χ4n) is 1.35. The quantitative estimate of drug-likeness (QED) is 0.735. The Kier molecular flexibility index (Phi) is 2.04. The van der Waals surface area contributed by atoms with E-state index in [1.165, 1.54) is 0 Å². The molecule has 0 bridgehead atoms. The van der Waals surface area contributed by atoms with Gasteiger partial charge in [0.05, 0.1) is 0 Å². The summed E-state index contributed by atoms with van der Waals surface area (Å²) in [5.74, 6) is 0.250. The molecule has 2 rings (SSSR count). The predicted octanol–water partition coefficient (Wildman–Crippen LogP) is 2.29.